The Bertz CT molecular complexity index is 567. The fourth-order valence-electron chi connectivity index (χ4n) is 1.75. The van der Waals surface area contributed by atoms with E-state index < -0.39 is 0 Å². The third-order valence-electron chi connectivity index (χ3n) is 2.54. The average Bonchev–Trinajstić information content (AvgIpc) is 2.88. The number of carbonyl (C=O) groups is 1. The zero-order valence-electron chi connectivity index (χ0n) is 9.97. The van der Waals surface area contributed by atoms with Crippen LogP contribution in [0.3, 0.4) is 0 Å². The fourth-order valence-corrected chi connectivity index (χ4v) is 1.94. The maximum absolute atomic E-state index is 11.9. The van der Waals surface area contributed by atoms with Crippen molar-refractivity contribution >= 4 is 29.5 Å². The molecule has 98 valence electrons. The molecule has 0 atom stereocenters. The number of aliphatic imine (C=N–C) groups is 2. The topological polar surface area (TPSA) is 74.1 Å². The van der Waals surface area contributed by atoms with E-state index in [4.69, 9.17) is 11.6 Å². The van der Waals surface area contributed by atoms with Crippen molar-refractivity contribution in [2.24, 2.45) is 9.98 Å². The summed E-state index contributed by atoms with van der Waals surface area (Å²) < 4.78 is 0. The van der Waals surface area contributed by atoms with Crippen molar-refractivity contribution in [2.75, 3.05) is 19.8 Å². The zero-order chi connectivity index (χ0) is 13.7. The van der Waals surface area contributed by atoms with Crippen LogP contribution in [-0.2, 0) is 4.79 Å². The Kier molecular flexibility index (Phi) is 4.28. The predicted octanol–water partition coefficient (Wildman–Crippen LogP) is 1.41. The molecule has 0 bridgehead atoms. The highest BCUT2D eigenvalue weighted by molar-refractivity contribution is 6.31. The van der Waals surface area contributed by atoms with Crippen molar-refractivity contribution in [1.82, 2.24) is 10.2 Å². The zero-order valence-corrected chi connectivity index (χ0v) is 10.7. The first kappa shape index (κ1) is 13.3. The summed E-state index contributed by atoms with van der Waals surface area (Å²) in [6.07, 6.45) is 1.36. The number of carbonyl (C=O) groups excluding carboxylic acids is 2. The van der Waals surface area contributed by atoms with Crippen molar-refractivity contribution in [3.05, 3.63) is 34.9 Å². The maximum Gasteiger partial charge on any atom is 0.324 e. The van der Waals surface area contributed by atoms with Crippen molar-refractivity contribution in [2.45, 2.75) is 0 Å². The smallest absolute Gasteiger partial charge is 0.317 e. The lowest BCUT2D eigenvalue weighted by Crippen LogP contribution is -2.42. The number of nitrogens with one attached hydrogen (secondary N) is 1. The number of benzene rings is 1. The normalized spacial score (nSPS) is 13.7. The van der Waals surface area contributed by atoms with Gasteiger partial charge in [0.25, 0.3) is 0 Å². The Balaban J connectivity index is 2.12. The Labute approximate surface area is 114 Å². The van der Waals surface area contributed by atoms with Gasteiger partial charge < -0.3 is 5.32 Å². The Hall–Kier alpha value is -2.17. The van der Waals surface area contributed by atoms with Crippen LogP contribution < -0.4 is 5.32 Å². The summed E-state index contributed by atoms with van der Waals surface area (Å²) in [7, 11) is 0. The van der Waals surface area contributed by atoms with Crippen LogP contribution >= 0.6 is 11.6 Å². The standard InChI is InChI=1S/C12H11ClN4O2/c13-10-3-1-2-9(6-10)11-15-4-5-17(11)12(19)16-7-14-8-18/h1-3,6H,4-5,7H2,(H,16,19). The van der Waals surface area contributed by atoms with Crippen LogP contribution in [0.5, 0.6) is 0 Å². The van der Waals surface area contributed by atoms with E-state index >= 15 is 0 Å². The van der Waals surface area contributed by atoms with Gasteiger partial charge in [0, 0.05) is 17.1 Å². The van der Waals surface area contributed by atoms with Gasteiger partial charge in [-0.1, -0.05) is 23.7 Å². The SMILES string of the molecule is O=C=NCNC(=O)N1CCN=C1c1cccc(Cl)c1. The van der Waals surface area contributed by atoms with E-state index in [1.807, 2.05) is 6.07 Å². The first-order valence-electron chi connectivity index (χ1n) is 5.62. The highest BCUT2D eigenvalue weighted by atomic mass is 35.5. The molecule has 0 spiro atoms. The van der Waals surface area contributed by atoms with Gasteiger partial charge in [0.05, 0.1) is 6.54 Å². The minimum atomic E-state index is -0.352. The summed E-state index contributed by atoms with van der Waals surface area (Å²) in [6, 6.07) is 6.78. The van der Waals surface area contributed by atoms with Gasteiger partial charge in [-0.25, -0.2) is 9.59 Å². The van der Waals surface area contributed by atoms with Gasteiger partial charge in [-0.2, -0.15) is 4.99 Å². The van der Waals surface area contributed by atoms with E-state index in [0.29, 0.717) is 23.9 Å². The van der Waals surface area contributed by atoms with Gasteiger partial charge in [0.2, 0.25) is 6.08 Å². The summed E-state index contributed by atoms with van der Waals surface area (Å²) in [5, 5.41) is 3.07. The van der Waals surface area contributed by atoms with Crippen molar-refractivity contribution in [1.29, 1.82) is 0 Å². The van der Waals surface area contributed by atoms with Crippen LogP contribution in [0.25, 0.3) is 0 Å². The average molecular weight is 279 g/mol. The maximum atomic E-state index is 11.9. The van der Waals surface area contributed by atoms with E-state index in [9.17, 15) is 9.59 Å². The van der Waals surface area contributed by atoms with Crippen LogP contribution in [0.4, 0.5) is 4.79 Å². The number of amidine groups is 1. The van der Waals surface area contributed by atoms with Gasteiger partial charge in [-0.05, 0) is 12.1 Å². The van der Waals surface area contributed by atoms with Crippen LogP contribution in [0.1, 0.15) is 5.56 Å². The molecule has 0 saturated carbocycles. The third kappa shape index (κ3) is 3.19. The molecule has 0 unspecified atom stereocenters. The van der Waals surface area contributed by atoms with Gasteiger partial charge in [0.15, 0.2) is 0 Å². The van der Waals surface area contributed by atoms with E-state index in [0.717, 1.165) is 5.56 Å². The lowest BCUT2D eigenvalue weighted by Gasteiger charge is -2.18. The molecule has 0 radical (unpaired) electrons. The molecule has 7 heteroatoms. The number of hydrogen-bond donors (Lipinski definition) is 1. The summed E-state index contributed by atoms with van der Waals surface area (Å²) in [5.41, 5.74) is 0.777. The quantitative estimate of drug-likeness (QED) is 0.670. The monoisotopic (exact) mass is 278 g/mol. The summed E-state index contributed by atoms with van der Waals surface area (Å²) in [5.74, 6) is 0.565. The summed E-state index contributed by atoms with van der Waals surface area (Å²) >= 11 is 5.92. The lowest BCUT2D eigenvalue weighted by molar-refractivity contribution is 0.224. The van der Waals surface area contributed by atoms with Crippen LogP contribution in [-0.4, -0.2) is 42.6 Å². The van der Waals surface area contributed by atoms with Crippen LogP contribution in [0.15, 0.2) is 34.3 Å². The minimum Gasteiger partial charge on any atom is -0.317 e. The lowest BCUT2D eigenvalue weighted by atomic mass is 10.2. The molecule has 6 nitrogen and oxygen atoms in total. The Morgan fingerprint density at radius 1 is 1.58 bits per heavy atom. The van der Waals surface area contributed by atoms with E-state index in [1.54, 1.807) is 18.2 Å². The first-order chi connectivity index (χ1) is 9.22. The summed E-state index contributed by atoms with van der Waals surface area (Å²) in [4.78, 5) is 30.9. The molecule has 1 aliphatic rings. The molecule has 2 rings (SSSR count). The number of nitrogens with zero attached hydrogens (tertiary/aromatic N) is 3. The number of hydrogen-bond acceptors (Lipinski definition) is 4. The van der Waals surface area contributed by atoms with Gasteiger partial charge in [0.1, 0.15) is 12.5 Å². The van der Waals surface area contributed by atoms with Crippen LogP contribution in [0.2, 0.25) is 5.02 Å². The molecule has 0 aliphatic carbocycles. The highest BCUT2D eigenvalue weighted by Crippen LogP contribution is 2.16. The second kappa shape index (κ2) is 6.13. The second-order valence-electron chi connectivity index (χ2n) is 3.76. The van der Waals surface area contributed by atoms with Crippen molar-refractivity contribution in [3.63, 3.8) is 0 Å². The minimum absolute atomic E-state index is 0.0956. The van der Waals surface area contributed by atoms with Gasteiger partial charge >= 0.3 is 6.03 Å². The summed E-state index contributed by atoms with van der Waals surface area (Å²) in [6.45, 7) is 0.923. The number of urea groups is 1. The molecule has 1 aromatic carbocycles. The molecule has 19 heavy (non-hydrogen) atoms. The van der Waals surface area contributed by atoms with Crippen molar-refractivity contribution in [3.8, 4) is 0 Å². The molecule has 0 aromatic heterocycles. The highest BCUT2D eigenvalue weighted by Gasteiger charge is 2.24. The molecular weight excluding hydrogens is 268 g/mol. The van der Waals surface area contributed by atoms with Crippen molar-refractivity contribution < 1.29 is 9.59 Å². The third-order valence-corrected chi connectivity index (χ3v) is 2.78. The Morgan fingerprint density at radius 3 is 3.16 bits per heavy atom. The van der Waals surface area contributed by atoms with E-state index in [-0.39, 0.29) is 12.7 Å². The Morgan fingerprint density at radius 2 is 2.42 bits per heavy atom. The molecule has 1 aliphatic heterocycles. The van der Waals surface area contributed by atoms with Crippen LogP contribution in [0, 0.1) is 0 Å². The largest absolute Gasteiger partial charge is 0.324 e. The number of isocyanates is 1. The molecule has 1 aromatic rings. The molecule has 1 heterocycles. The molecular formula is C12H11ClN4O2. The van der Waals surface area contributed by atoms with E-state index in [2.05, 4.69) is 15.3 Å². The first-order valence-corrected chi connectivity index (χ1v) is 5.99. The molecule has 2 amide bonds. The van der Waals surface area contributed by atoms with Gasteiger partial charge in [-0.15, -0.1) is 0 Å². The van der Waals surface area contributed by atoms with E-state index in [1.165, 1.54) is 11.0 Å². The number of halogens is 1. The second-order valence-corrected chi connectivity index (χ2v) is 4.19. The predicted molar refractivity (Wildman–Crippen MR) is 71.1 cm³/mol. The molecule has 1 N–H and O–H groups in total. The molecule has 0 saturated heterocycles. The molecule has 0 fully saturated rings. The number of rotatable bonds is 3. The number of amides is 2. The van der Waals surface area contributed by atoms with Gasteiger partial charge in [-0.3, -0.25) is 9.89 Å². The fraction of sp³-hybridized carbons (Fsp3) is 0.250.